The molecular weight excluding hydrogens is 242 g/mol. The van der Waals surface area contributed by atoms with Gasteiger partial charge in [-0.2, -0.15) is 0 Å². The van der Waals surface area contributed by atoms with Crippen LogP contribution in [-0.4, -0.2) is 35.2 Å². The average molecular weight is 274 g/mol. The van der Waals surface area contributed by atoms with E-state index in [0.717, 1.165) is 0 Å². The van der Waals surface area contributed by atoms with Crippen LogP contribution in [0.3, 0.4) is 0 Å². The van der Waals surface area contributed by atoms with Gasteiger partial charge in [0.2, 0.25) is 0 Å². The lowest BCUT2D eigenvalue weighted by Crippen LogP contribution is -2.55. The van der Waals surface area contributed by atoms with Crippen LogP contribution >= 0.6 is 0 Å². The largest absolute Gasteiger partial charge is 0.444 e. The van der Waals surface area contributed by atoms with Gasteiger partial charge in [-0.3, -0.25) is 4.57 Å². The van der Waals surface area contributed by atoms with Crippen LogP contribution < -0.4 is 0 Å². The summed E-state index contributed by atoms with van der Waals surface area (Å²) in [5.74, 6) is 0. The summed E-state index contributed by atoms with van der Waals surface area (Å²) in [5, 5.41) is 0. The Kier molecular flexibility index (Phi) is 9.13. The third kappa shape index (κ3) is 6.55. The Bertz CT molecular complexity index is 204. The Morgan fingerprint density at radius 3 is 1.94 bits per heavy atom. The molecule has 0 rings (SSSR count). The topological polar surface area (TPSA) is 12.5 Å². The van der Waals surface area contributed by atoms with Crippen molar-refractivity contribution in [1.29, 1.82) is 0 Å². The molecule has 0 aromatic carbocycles. The highest BCUT2D eigenvalue weighted by molar-refractivity contribution is 6.80. The number of hydrogen-bond acceptors (Lipinski definition) is 2. The predicted octanol–water partition coefficient (Wildman–Crippen LogP) is 3.69. The van der Waals surface area contributed by atoms with Crippen molar-refractivity contribution in [3.05, 3.63) is 12.3 Å². The van der Waals surface area contributed by atoms with Crippen molar-refractivity contribution in [1.82, 2.24) is 4.57 Å². The Balaban J connectivity index is 4.61. The van der Waals surface area contributed by atoms with E-state index >= 15 is 0 Å². The van der Waals surface area contributed by atoms with Crippen LogP contribution in [0.25, 0.3) is 0 Å². The van der Waals surface area contributed by atoms with Gasteiger partial charge in [-0.15, -0.1) is 6.58 Å². The first-order chi connectivity index (χ1) is 8.00. The molecule has 0 saturated carbocycles. The summed E-state index contributed by atoms with van der Waals surface area (Å²) >= 11 is 0. The average Bonchev–Trinajstić information content (AvgIpc) is 2.28. The van der Waals surface area contributed by atoms with Crippen LogP contribution in [0, 0.1) is 0 Å². The van der Waals surface area contributed by atoms with Gasteiger partial charge in [-0.25, -0.2) is 0 Å². The summed E-state index contributed by atoms with van der Waals surface area (Å²) in [7, 11) is -2.82. The first kappa shape index (κ1) is 17.1. The van der Waals surface area contributed by atoms with Gasteiger partial charge in [-0.1, -0.05) is 32.4 Å². The molecule has 0 aliphatic carbocycles. The fraction of sp³-hybridized carbons (Fsp3) is 0.846. The van der Waals surface area contributed by atoms with E-state index in [9.17, 15) is 0 Å². The number of hydrogen-bond donors (Lipinski definition) is 0. The van der Waals surface area contributed by atoms with Crippen LogP contribution in [-0.2, 0) is 4.12 Å². The van der Waals surface area contributed by atoms with E-state index < -0.39 is 17.5 Å². The SMILES string of the molecule is C=C[Si](C)(O[SiH](C)C)N(CCCC)CCCC. The van der Waals surface area contributed by atoms with Gasteiger partial charge < -0.3 is 4.12 Å². The molecule has 0 aromatic rings. The van der Waals surface area contributed by atoms with Gasteiger partial charge in [0.15, 0.2) is 9.04 Å². The molecule has 2 nitrogen and oxygen atoms in total. The summed E-state index contributed by atoms with van der Waals surface area (Å²) in [4.78, 5) is 0. The van der Waals surface area contributed by atoms with Crippen LogP contribution in [0.1, 0.15) is 39.5 Å². The molecule has 0 amide bonds. The van der Waals surface area contributed by atoms with Crippen molar-refractivity contribution in [3.63, 3.8) is 0 Å². The standard InChI is InChI=1S/C13H31NOSi2/c1-7-10-12-14(13-11-8-2)17(6,9-3)15-16(4)5/h9,16H,3,7-8,10-13H2,1-2,4-6H3. The lowest BCUT2D eigenvalue weighted by Gasteiger charge is -2.38. The third-order valence-corrected chi connectivity index (χ3v) is 9.30. The van der Waals surface area contributed by atoms with Crippen molar-refractivity contribution in [3.8, 4) is 0 Å². The lowest BCUT2D eigenvalue weighted by molar-refractivity contribution is 0.345. The van der Waals surface area contributed by atoms with Crippen molar-refractivity contribution < 1.29 is 4.12 Å². The van der Waals surface area contributed by atoms with Gasteiger partial charge in [0.1, 0.15) is 0 Å². The van der Waals surface area contributed by atoms with E-state index in [-0.39, 0.29) is 0 Å². The van der Waals surface area contributed by atoms with E-state index in [1.165, 1.54) is 38.8 Å². The second kappa shape index (κ2) is 9.08. The minimum absolute atomic E-state index is 0.988. The number of unbranched alkanes of at least 4 members (excludes halogenated alkanes) is 2. The minimum Gasteiger partial charge on any atom is -0.444 e. The molecule has 0 aliphatic rings. The summed E-state index contributed by atoms with van der Waals surface area (Å²) in [6.45, 7) is 17.7. The van der Waals surface area contributed by atoms with E-state index in [1.54, 1.807) is 0 Å². The van der Waals surface area contributed by atoms with Gasteiger partial charge >= 0.3 is 0 Å². The quantitative estimate of drug-likeness (QED) is 0.563. The Hall–Kier alpha value is 0.0938. The highest BCUT2D eigenvalue weighted by atomic mass is 28.4. The molecule has 0 aliphatic heterocycles. The molecule has 0 radical (unpaired) electrons. The molecule has 1 unspecified atom stereocenters. The minimum atomic E-state index is -1.83. The third-order valence-electron chi connectivity index (χ3n) is 3.04. The number of rotatable bonds is 10. The van der Waals surface area contributed by atoms with Crippen LogP contribution in [0.2, 0.25) is 19.6 Å². The summed E-state index contributed by atoms with van der Waals surface area (Å²) in [6.07, 6.45) is 5.04. The lowest BCUT2D eigenvalue weighted by atomic mass is 10.3. The summed E-state index contributed by atoms with van der Waals surface area (Å²) in [6, 6.07) is 0. The predicted molar refractivity (Wildman–Crippen MR) is 83.2 cm³/mol. The van der Waals surface area contributed by atoms with E-state index in [4.69, 9.17) is 4.12 Å². The molecule has 0 aromatic heterocycles. The van der Waals surface area contributed by atoms with Crippen molar-refractivity contribution in [2.24, 2.45) is 0 Å². The normalized spacial score (nSPS) is 15.2. The van der Waals surface area contributed by atoms with Gasteiger partial charge in [0.05, 0.1) is 0 Å². The monoisotopic (exact) mass is 273 g/mol. The van der Waals surface area contributed by atoms with Crippen molar-refractivity contribution >= 4 is 17.5 Å². The molecular formula is C13H31NOSi2. The highest BCUT2D eigenvalue weighted by Crippen LogP contribution is 2.16. The van der Waals surface area contributed by atoms with Crippen LogP contribution in [0.4, 0.5) is 0 Å². The van der Waals surface area contributed by atoms with E-state index in [0.29, 0.717) is 0 Å². The fourth-order valence-corrected chi connectivity index (χ4v) is 8.24. The Morgan fingerprint density at radius 2 is 1.65 bits per heavy atom. The van der Waals surface area contributed by atoms with Gasteiger partial charge in [0.25, 0.3) is 8.48 Å². The van der Waals surface area contributed by atoms with E-state index in [1.807, 2.05) is 0 Å². The molecule has 0 bridgehead atoms. The smallest absolute Gasteiger partial charge is 0.283 e. The van der Waals surface area contributed by atoms with Gasteiger partial charge in [0, 0.05) is 0 Å². The number of nitrogens with zero attached hydrogens (tertiary/aromatic N) is 1. The summed E-state index contributed by atoms with van der Waals surface area (Å²) < 4.78 is 8.93. The first-order valence-corrected chi connectivity index (χ1v) is 12.3. The zero-order valence-corrected chi connectivity index (χ0v) is 14.6. The zero-order chi connectivity index (χ0) is 13.3. The maximum Gasteiger partial charge on any atom is 0.283 e. The molecule has 1 atom stereocenters. The Morgan fingerprint density at radius 1 is 1.18 bits per heavy atom. The van der Waals surface area contributed by atoms with Crippen molar-refractivity contribution in [2.75, 3.05) is 13.1 Å². The second-order valence-electron chi connectivity index (χ2n) is 5.12. The highest BCUT2D eigenvalue weighted by Gasteiger charge is 2.33. The first-order valence-electron chi connectivity index (χ1n) is 7.06. The van der Waals surface area contributed by atoms with Crippen LogP contribution in [0.15, 0.2) is 12.3 Å². The molecule has 0 fully saturated rings. The molecule has 17 heavy (non-hydrogen) atoms. The molecule has 102 valence electrons. The fourth-order valence-electron chi connectivity index (χ4n) is 1.98. The van der Waals surface area contributed by atoms with E-state index in [2.05, 4.69) is 50.3 Å². The molecule has 4 heteroatoms. The van der Waals surface area contributed by atoms with Crippen LogP contribution in [0.5, 0.6) is 0 Å². The second-order valence-corrected chi connectivity index (χ2v) is 11.3. The van der Waals surface area contributed by atoms with Crippen molar-refractivity contribution in [2.45, 2.75) is 59.2 Å². The Labute approximate surface area is 111 Å². The zero-order valence-electron chi connectivity index (χ0n) is 12.5. The molecule has 0 heterocycles. The summed E-state index contributed by atoms with van der Waals surface area (Å²) in [5.41, 5.74) is 2.12. The maximum atomic E-state index is 6.33. The molecule has 0 N–H and O–H groups in total. The molecule has 0 saturated heterocycles. The molecule has 0 spiro atoms. The maximum absolute atomic E-state index is 6.33. The van der Waals surface area contributed by atoms with Gasteiger partial charge in [-0.05, 0) is 45.6 Å².